The van der Waals surface area contributed by atoms with Crippen molar-refractivity contribution >= 4 is 71.6 Å². The largest absolute Gasteiger partial charge is 0.455 e. The van der Waals surface area contributed by atoms with E-state index in [-0.39, 0.29) is 18.1 Å². The molecule has 9 nitrogen and oxygen atoms in total. The number of nitrogens with two attached hydrogens (primary N) is 1. The van der Waals surface area contributed by atoms with Gasteiger partial charge >= 0.3 is 12.1 Å². The van der Waals surface area contributed by atoms with Crippen LogP contribution in [0.15, 0.2) is 59.8 Å². The second-order valence-electron chi connectivity index (χ2n) is 9.86. The molecule has 2 aliphatic heterocycles. The number of nitrogens with zero attached hydrogens (tertiary/aromatic N) is 1. The third-order valence-corrected chi connectivity index (χ3v) is 10.2. The van der Waals surface area contributed by atoms with E-state index >= 15 is 0 Å². The summed E-state index contributed by atoms with van der Waals surface area (Å²) in [4.78, 5) is 39.9. The zero-order valence-corrected chi connectivity index (χ0v) is 25.1. The van der Waals surface area contributed by atoms with Crippen molar-refractivity contribution in [2.75, 3.05) is 19.5 Å². The third kappa shape index (κ3) is 6.21. The first-order valence-electron chi connectivity index (χ1n) is 11.9. The van der Waals surface area contributed by atoms with Gasteiger partial charge in [-0.15, -0.1) is 16.8 Å². The number of β-lactam (4-membered cyclic amide) rings is 1. The van der Waals surface area contributed by atoms with Gasteiger partial charge in [-0.1, -0.05) is 35.3 Å². The molecule has 2 atom stereocenters. The first kappa shape index (κ1) is 29.6. The number of thioether (sulfide) groups is 1. The third-order valence-electron chi connectivity index (χ3n) is 5.95. The summed E-state index contributed by atoms with van der Waals surface area (Å²) in [7, 11) is -0.433. The Hall–Kier alpha value is -2.33. The Morgan fingerprint density at radius 2 is 1.74 bits per heavy atom. The summed E-state index contributed by atoms with van der Waals surface area (Å²) in [5, 5.41) is 5.75. The predicted octanol–water partition coefficient (Wildman–Crippen LogP) is 3.61. The van der Waals surface area contributed by atoms with Gasteiger partial charge in [0, 0.05) is 40.6 Å². The number of benzene rings is 2. The van der Waals surface area contributed by atoms with Crippen molar-refractivity contribution in [3.05, 3.63) is 69.8 Å². The molecule has 2 aromatic carbocycles. The van der Waals surface area contributed by atoms with Crippen LogP contribution in [-0.2, 0) is 23.8 Å². The Labute approximate surface area is 242 Å². The van der Waals surface area contributed by atoms with Gasteiger partial charge in [0.15, 0.2) is 0 Å². The molecule has 0 unspecified atom stereocenters. The fraction of sp³-hybridized carbons (Fsp3) is 0.346. The number of halogens is 2. The summed E-state index contributed by atoms with van der Waals surface area (Å²) < 4.78 is 16.5. The Morgan fingerprint density at radius 3 is 2.23 bits per heavy atom. The van der Waals surface area contributed by atoms with Crippen molar-refractivity contribution in [2.45, 2.75) is 37.5 Å². The molecule has 2 aromatic rings. The molecule has 2 heterocycles. The second kappa shape index (κ2) is 11.6. The van der Waals surface area contributed by atoms with Crippen LogP contribution in [0.2, 0.25) is 10.0 Å². The molecular weight excluding hydrogens is 584 g/mol. The lowest BCUT2D eigenvalue weighted by Crippen LogP contribution is -2.79. The summed E-state index contributed by atoms with van der Waals surface area (Å²) in [5.74, 6) is -0.908. The standard InChI is InChI=1S/C26H28Cl2N3O6PS/c1-25(2,3)37-21(32)20-15(13-36-24(29)34)14-39-23-26(35-4,22(33)31(20)23)30-38(18-9-5-7-16(27)11-18)19-10-6-8-17(28)12-19/h5-12,23,30H,13-14H2,1-4H3,(H2,29,34)/p+1/t23-,26-/m0/s1. The van der Waals surface area contributed by atoms with E-state index in [4.69, 9.17) is 43.1 Å². The van der Waals surface area contributed by atoms with Gasteiger partial charge in [-0.25, -0.2) is 9.59 Å². The van der Waals surface area contributed by atoms with E-state index in [0.717, 1.165) is 10.6 Å². The smallest absolute Gasteiger partial charge is 0.404 e. The van der Waals surface area contributed by atoms with Crippen LogP contribution in [0.4, 0.5) is 4.79 Å². The molecule has 2 amide bonds. The first-order chi connectivity index (χ1) is 18.4. The molecule has 0 aliphatic carbocycles. The number of carbonyl (C=O) groups excluding carboxylic acids is 3. The van der Waals surface area contributed by atoms with E-state index in [0.29, 0.717) is 15.6 Å². The molecule has 208 valence electrons. The highest BCUT2D eigenvalue weighted by atomic mass is 35.5. The average Bonchev–Trinajstić information content (AvgIpc) is 2.86. The lowest BCUT2D eigenvalue weighted by molar-refractivity contribution is -0.188. The van der Waals surface area contributed by atoms with Crippen molar-refractivity contribution in [1.82, 2.24) is 9.99 Å². The molecule has 0 radical (unpaired) electrons. The maximum absolute atomic E-state index is 14.0. The number of nitrogens with one attached hydrogen (secondary N) is 1. The summed E-state index contributed by atoms with van der Waals surface area (Å²) in [6.07, 6.45) is -0.990. The van der Waals surface area contributed by atoms with Crippen molar-refractivity contribution < 1.29 is 28.6 Å². The van der Waals surface area contributed by atoms with Gasteiger partial charge in [0.1, 0.15) is 42.0 Å². The highest BCUT2D eigenvalue weighted by Gasteiger charge is 2.68. The number of hydrogen-bond acceptors (Lipinski definition) is 8. The zero-order chi connectivity index (χ0) is 28.5. The fourth-order valence-electron chi connectivity index (χ4n) is 4.31. The summed E-state index contributed by atoms with van der Waals surface area (Å²) in [6.45, 7) is 4.93. The highest BCUT2D eigenvalue weighted by molar-refractivity contribution is 8.00. The van der Waals surface area contributed by atoms with E-state index in [1.54, 1.807) is 32.9 Å². The minimum atomic E-state index is -1.88. The van der Waals surface area contributed by atoms with E-state index in [9.17, 15) is 14.4 Å². The minimum absolute atomic E-state index is 0.0219. The Kier molecular flexibility index (Phi) is 8.86. The molecular formula is C26H29Cl2N3O6PS+. The number of ether oxygens (including phenoxy) is 3. The number of amides is 2. The molecule has 1 fully saturated rings. The molecule has 0 aromatic heterocycles. The lowest BCUT2D eigenvalue weighted by atomic mass is 9.99. The predicted molar refractivity (Wildman–Crippen MR) is 155 cm³/mol. The van der Waals surface area contributed by atoms with E-state index in [1.807, 2.05) is 36.4 Å². The van der Waals surface area contributed by atoms with Crippen molar-refractivity contribution in [1.29, 1.82) is 0 Å². The van der Waals surface area contributed by atoms with Crippen LogP contribution < -0.4 is 21.4 Å². The quantitative estimate of drug-likeness (QED) is 0.201. The normalized spacial score (nSPS) is 20.9. The van der Waals surface area contributed by atoms with Crippen LogP contribution >= 0.6 is 43.0 Å². The van der Waals surface area contributed by atoms with Gasteiger partial charge in [0.2, 0.25) is 0 Å². The molecule has 0 saturated carbocycles. The minimum Gasteiger partial charge on any atom is -0.455 e. The maximum atomic E-state index is 14.0. The summed E-state index contributed by atoms with van der Waals surface area (Å²) in [5.41, 5.74) is 3.31. The topological polar surface area (TPSA) is 120 Å². The van der Waals surface area contributed by atoms with Gasteiger partial charge in [0.05, 0.1) is 0 Å². The van der Waals surface area contributed by atoms with Crippen LogP contribution in [0.1, 0.15) is 20.8 Å². The fourth-order valence-corrected chi connectivity index (χ4v) is 8.86. The van der Waals surface area contributed by atoms with Gasteiger partial charge in [0.25, 0.3) is 11.6 Å². The number of carbonyl (C=O) groups is 3. The number of fused-ring (bicyclic) bond motifs is 1. The molecule has 13 heteroatoms. The highest BCUT2D eigenvalue weighted by Crippen LogP contribution is 2.50. The van der Waals surface area contributed by atoms with Crippen molar-refractivity contribution in [3.8, 4) is 0 Å². The second-order valence-corrected chi connectivity index (χ2v) is 14.0. The number of esters is 1. The molecule has 0 bridgehead atoms. The molecule has 39 heavy (non-hydrogen) atoms. The van der Waals surface area contributed by atoms with E-state index in [1.165, 1.54) is 23.8 Å². The molecule has 4 rings (SSSR count). The Balaban J connectivity index is 1.74. The molecule has 2 aliphatic rings. The molecule has 0 spiro atoms. The molecule has 3 N–H and O–H groups in total. The number of primary amides is 1. The van der Waals surface area contributed by atoms with Crippen molar-refractivity contribution in [3.63, 3.8) is 0 Å². The summed E-state index contributed by atoms with van der Waals surface area (Å²) >= 11 is 14.0. The SMILES string of the molecule is CO[C@@]1(N[PH+](c2cccc(Cl)c2)c2cccc(Cl)c2)C(=O)N2C(C(=O)OC(C)(C)C)=C(COC(N)=O)CS[C@H]21. The number of hydrogen-bond donors (Lipinski definition) is 2. The lowest BCUT2D eigenvalue weighted by Gasteiger charge is -2.55. The van der Waals surface area contributed by atoms with Gasteiger partial charge in [-0.05, 0) is 45.0 Å². The van der Waals surface area contributed by atoms with Gasteiger partial charge in [-0.2, -0.15) is 0 Å². The van der Waals surface area contributed by atoms with Crippen LogP contribution in [0.25, 0.3) is 0 Å². The average molecular weight is 613 g/mol. The van der Waals surface area contributed by atoms with E-state index in [2.05, 4.69) is 5.09 Å². The Morgan fingerprint density at radius 1 is 1.15 bits per heavy atom. The summed E-state index contributed by atoms with van der Waals surface area (Å²) in [6, 6.07) is 14.8. The first-order valence-corrected chi connectivity index (χ1v) is 15.2. The molecule has 1 saturated heterocycles. The van der Waals surface area contributed by atoms with Crippen LogP contribution in [0.5, 0.6) is 0 Å². The van der Waals surface area contributed by atoms with Crippen LogP contribution in [0, 0.1) is 0 Å². The van der Waals surface area contributed by atoms with Crippen LogP contribution in [0.3, 0.4) is 0 Å². The van der Waals surface area contributed by atoms with Gasteiger partial charge < -0.3 is 19.9 Å². The van der Waals surface area contributed by atoms with E-state index < -0.39 is 42.7 Å². The zero-order valence-electron chi connectivity index (χ0n) is 21.7. The maximum Gasteiger partial charge on any atom is 0.404 e. The number of methoxy groups -OCH3 is 1. The Bertz CT molecular complexity index is 1290. The number of rotatable bonds is 8. The monoisotopic (exact) mass is 612 g/mol. The van der Waals surface area contributed by atoms with Gasteiger partial charge in [-0.3, -0.25) is 9.69 Å². The van der Waals surface area contributed by atoms with Crippen LogP contribution in [-0.4, -0.2) is 59.0 Å². The van der Waals surface area contributed by atoms with Crippen molar-refractivity contribution in [2.24, 2.45) is 5.73 Å².